The van der Waals surface area contributed by atoms with Gasteiger partial charge < -0.3 is 19.7 Å². The molecule has 23 heavy (non-hydrogen) atoms. The predicted octanol–water partition coefficient (Wildman–Crippen LogP) is 1.04. The Balaban J connectivity index is 2.40. The molecule has 0 spiro atoms. The Morgan fingerprint density at radius 3 is 2.35 bits per heavy atom. The van der Waals surface area contributed by atoms with Gasteiger partial charge in [0.05, 0.1) is 18.1 Å². The maximum atomic E-state index is 12.2. The van der Waals surface area contributed by atoms with Crippen LogP contribution in [0.3, 0.4) is 0 Å². The quantitative estimate of drug-likeness (QED) is 0.738. The third kappa shape index (κ3) is 8.53. The maximum absolute atomic E-state index is 12.2. The molecular formula is C15H30N2O5S. The van der Waals surface area contributed by atoms with Gasteiger partial charge >= 0.3 is 6.09 Å². The lowest BCUT2D eigenvalue weighted by molar-refractivity contribution is 0.0202. The second-order valence-corrected chi connectivity index (χ2v) is 9.14. The molecule has 1 aliphatic heterocycles. The minimum atomic E-state index is -2.84. The van der Waals surface area contributed by atoms with E-state index in [1.54, 1.807) is 12.0 Å². The van der Waals surface area contributed by atoms with E-state index in [2.05, 4.69) is 5.32 Å². The molecule has 0 aromatic carbocycles. The zero-order chi connectivity index (χ0) is 17.5. The van der Waals surface area contributed by atoms with Crippen molar-refractivity contribution in [2.75, 3.05) is 44.9 Å². The fourth-order valence-corrected chi connectivity index (χ4v) is 3.81. The molecule has 0 aromatic rings. The number of carbonyl (C=O) groups is 1. The van der Waals surface area contributed by atoms with Gasteiger partial charge in [0.1, 0.15) is 15.4 Å². The zero-order valence-corrected chi connectivity index (χ0v) is 15.4. The first-order valence-electron chi connectivity index (χ1n) is 8.03. The number of hydrogen-bond donors (Lipinski definition) is 1. The molecule has 0 saturated carbocycles. The minimum Gasteiger partial charge on any atom is -0.444 e. The third-order valence-electron chi connectivity index (χ3n) is 3.59. The van der Waals surface area contributed by atoms with Crippen LogP contribution in [0.5, 0.6) is 0 Å². The van der Waals surface area contributed by atoms with E-state index >= 15 is 0 Å². The number of nitrogens with one attached hydrogen (secondary N) is 1. The van der Waals surface area contributed by atoms with Crippen molar-refractivity contribution in [3.8, 4) is 0 Å². The predicted molar refractivity (Wildman–Crippen MR) is 89.4 cm³/mol. The molecule has 0 bridgehead atoms. The van der Waals surface area contributed by atoms with Crippen LogP contribution in [-0.2, 0) is 19.3 Å². The summed E-state index contributed by atoms with van der Waals surface area (Å²) in [6.45, 7) is 7.52. The second-order valence-electron chi connectivity index (χ2n) is 6.84. The summed E-state index contributed by atoms with van der Waals surface area (Å²) >= 11 is 0. The Morgan fingerprint density at radius 1 is 1.22 bits per heavy atom. The molecule has 0 aromatic heterocycles. The Bertz CT molecular complexity index is 459. The molecule has 1 amide bonds. The van der Waals surface area contributed by atoms with Gasteiger partial charge in [-0.05, 0) is 33.6 Å². The molecule has 1 saturated heterocycles. The molecular weight excluding hydrogens is 320 g/mol. The number of rotatable bonds is 7. The van der Waals surface area contributed by atoms with Crippen LogP contribution in [0.1, 0.15) is 33.6 Å². The fraction of sp³-hybridized carbons (Fsp3) is 0.933. The van der Waals surface area contributed by atoms with Crippen LogP contribution in [0.15, 0.2) is 0 Å². The zero-order valence-electron chi connectivity index (χ0n) is 14.6. The highest BCUT2D eigenvalue weighted by atomic mass is 32.2. The summed E-state index contributed by atoms with van der Waals surface area (Å²) in [6.07, 6.45) is 0.905. The molecule has 0 atom stereocenters. The Hall–Kier alpha value is -0.860. The van der Waals surface area contributed by atoms with Crippen molar-refractivity contribution < 1.29 is 22.7 Å². The van der Waals surface area contributed by atoms with Crippen LogP contribution in [0.4, 0.5) is 4.79 Å². The summed E-state index contributed by atoms with van der Waals surface area (Å²) in [6, 6.07) is 0.196. The van der Waals surface area contributed by atoms with E-state index in [0.717, 1.165) is 0 Å². The van der Waals surface area contributed by atoms with Gasteiger partial charge in [-0.1, -0.05) is 0 Å². The molecule has 1 N–H and O–H groups in total. The maximum Gasteiger partial charge on any atom is 0.410 e. The van der Waals surface area contributed by atoms with Crippen molar-refractivity contribution >= 4 is 15.9 Å². The molecule has 0 radical (unpaired) electrons. The van der Waals surface area contributed by atoms with E-state index in [-0.39, 0.29) is 23.6 Å². The summed E-state index contributed by atoms with van der Waals surface area (Å²) < 4.78 is 33.2. The van der Waals surface area contributed by atoms with E-state index < -0.39 is 15.4 Å². The Morgan fingerprint density at radius 2 is 1.83 bits per heavy atom. The number of carbonyl (C=O) groups excluding carboxylic acids is 1. The van der Waals surface area contributed by atoms with Crippen LogP contribution in [0.25, 0.3) is 0 Å². The van der Waals surface area contributed by atoms with Gasteiger partial charge in [-0.2, -0.15) is 0 Å². The van der Waals surface area contributed by atoms with Crippen LogP contribution >= 0.6 is 0 Å². The normalized spacial score (nSPS) is 18.6. The minimum absolute atomic E-state index is 0.196. The van der Waals surface area contributed by atoms with Gasteiger partial charge in [0.15, 0.2) is 0 Å². The van der Waals surface area contributed by atoms with E-state index in [9.17, 15) is 13.2 Å². The van der Waals surface area contributed by atoms with E-state index in [1.165, 1.54) is 0 Å². The van der Waals surface area contributed by atoms with Crippen molar-refractivity contribution in [2.24, 2.45) is 0 Å². The molecule has 1 aliphatic rings. The Labute approximate surface area is 139 Å². The highest BCUT2D eigenvalue weighted by Crippen LogP contribution is 2.12. The lowest BCUT2D eigenvalue weighted by atomic mass is 10.1. The van der Waals surface area contributed by atoms with Crippen molar-refractivity contribution in [2.45, 2.75) is 45.3 Å². The average molecular weight is 350 g/mol. The summed E-state index contributed by atoms with van der Waals surface area (Å²) in [5, 5.41) is 3.33. The van der Waals surface area contributed by atoms with Crippen molar-refractivity contribution in [1.82, 2.24) is 10.2 Å². The summed E-state index contributed by atoms with van der Waals surface area (Å²) in [4.78, 5) is 13.8. The van der Waals surface area contributed by atoms with Crippen molar-refractivity contribution in [1.29, 1.82) is 0 Å². The van der Waals surface area contributed by atoms with Gasteiger partial charge in [-0.15, -0.1) is 0 Å². The number of sulfone groups is 1. The molecule has 1 heterocycles. The van der Waals surface area contributed by atoms with E-state index in [1.807, 2.05) is 20.8 Å². The van der Waals surface area contributed by atoms with Gasteiger partial charge in [-0.3, -0.25) is 0 Å². The third-order valence-corrected chi connectivity index (χ3v) is 5.30. The summed E-state index contributed by atoms with van der Waals surface area (Å²) in [7, 11) is -1.25. The molecule has 1 fully saturated rings. The number of amides is 1. The van der Waals surface area contributed by atoms with Gasteiger partial charge in [-0.25, -0.2) is 13.2 Å². The number of methoxy groups -OCH3 is 1. The fourth-order valence-electron chi connectivity index (χ4n) is 2.32. The second kappa shape index (κ2) is 8.84. The monoisotopic (exact) mass is 350 g/mol. The van der Waals surface area contributed by atoms with E-state index in [4.69, 9.17) is 9.47 Å². The first-order chi connectivity index (χ1) is 10.6. The molecule has 0 unspecified atom stereocenters. The van der Waals surface area contributed by atoms with Gasteiger partial charge in [0.25, 0.3) is 0 Å². The highest BCUT2D eigenvalue weighted by molar-refractivity contribution is 7.91. The number of hydrogen-bond acceptors (Lipinski definition) is 6. The standard InChI is InChI=1S/C15H30N2O5S/c1-15(2,3)22-14(18)17(9-10-21-4)8-7-16-13-5-11-23(19,20)12-6-13/h13,16H,5-12H2,1-4H3. The summed E-state index contributed by atoms with van der Waals surface area (Å²) in [5.74, 6) is 0.480. The first-order valence-corrected chi connectivity index (χ1v) is 9.86. The lowest BCUT2D eigenvalue weighted by Gasteiger charge is -2.28. The summed E-state index contributed by atoms with van der Waals surface area (Å²) in [5.41, 5.74) is -0.534. The molecule has 1 rings (SSSR count). The van der Waals surface area contributed by atoms with Gasteiger partial charge in [0, 0.05) is 32.8 Å². The van der Waals surface area contributed by atoms with Crippen LogP contribution in [0.2, 0.25) is 0 Å². The molecule has 7 nitrogen and oxygen atoms in total. The van der Waals surface area contributed by atoms with Crippen LogP contribution < -0.4 is 5.32 Å². The largest absolute Gasteiger partial charge is 0.444 e. The number of nitrogens with zero attached hydrogens (tertiary/aromatic N) is 1. The number of ether oxygens (including phenoxy) is 2. The van der Waals surface area contributed by atoms with Crippen molar-refractivity contribution in [3.63, 3.8) is 0 Å². The van der Waals surface area contributed by atoms with Gasteiger partial charge in [0.2, 0.25) is 0 Å². The molecule has 8 heteroatoms. The smallest absolute Gasteiger partial charge is 0.410 e. The highest BCUT2D eigenvalue weighted by Gasteiger charge is 2.24. The van der Waals surface area contributed by atoms with E-state index in [0.29, 0.717) is 39.1 Å². The molecule has 0 aliphatic carbocycles. The van der Waals surface area contributed by atoms with Crippen LogP contribution in [-0.4, -0.2) is 75.9 Å². The van der Waals surface area contributed by atoms with Crippen LogP contribution in [0, 0.1) is 0 Å². The average Bonchev–Trinajstić information content (AvgIpc) is 2.42. The topological polar surface area (TPSA) is 84.9 Å². The SMILES string of the molecule is COCCN(CCNC1CCS(=O)(=O)CC1)C(=O)OC(C)(C)C. The lowest BCUT2D eigenvalue weighted by Crippen LogP contribution is -2.45. The first kappa shape index (κ1) is 20.2. The molecule has 136 valence electrons. The Kier molecular flexibility index (Phi) is 7.76. The van der Waals surface area contributed by atoms with Crippen molar-refractivity contribution in [3.05, 3.63) is 0 Å².